The van der Waals surface area contributed by atoms with Crippen LogP contribution in [-0.2, 0) is 27.9 Å². The van der Waals surface area contributed by atoms with Crippen LogP contribution in [-0.4, -0.2) is 40.0 Å². The lowest BCUT2D eigenvalue weighted by atomic mass is 10.1. The Morgan fingerprint density at radius 1 is 1.00 bits per heavy atom. The lowest BCUT2D eigenvalue weighted by molar-refractivity contribution is -0.139. The van der Waals surface area contributed by atoms with Crippen molar-refractivity contribution in [3.05, 3.63) is 94.9 Å². The van der Waals surface area contributed by atoms with Gasteiger partial charge >= 0.3 is 5.97 Å². The fraction of sp³-hybridized carbons (Fsp3) is 0.160. The van der Waals surface area contributed by atoms with Gasteiger partial charge in [0.1, 0.15) is 11.4 Å². The number of carboxylic acid groups (broad SMARTS) is 1. The minimum atomic E-state index is -3.79. The van der Waals surface area contributed by atoms with Crippen LogP contribution in [0.1, 0.15) is 16.7 Å². The Kier molecular flexibility index (Phi) is 7.54. The van der Waals surface area contributed by atoms with Crippen molar-refractivity contribution in [2.24, 2.45) is 0 Å². The molecule has 3 aromatic carbocycles. The predicted octanol–water partition coefficient (Wildman–Crippen LogP) is 4.37. The van der Waals surface area contributed by atoms with E-state index in [4.69, 9.17) is 9.84 Å². The third-order valence-corrected chi connectivity index (χ3v) is 7.61. The third-order valence-electron chi connectivity index (χ3n) is 5.30. The molecule has 0 saturated carbocycles. The molecular formula is C25H23N3O5S2. The molecule has 35 heavy (non-hydrogen) atoms. The number of nitrogens with zero attached hydrogens (tertiary/aromatic N) is 3. The third kappa shape index (κ3) is 6.10. The number of hydrogen-bond acceptors (Lipinski definition) is 7. The molecule has 0 spiro atoms. The molecule has 1 heterocycles. The molecule has 8 nitrogen and oxygen atoms in total. The van der Waals surface area contributed by atoms with Crippen LogP contribution in [0.3, 0.4) is 0 Å². The maximum absolute atomic E-state index is 13.5. The number of ether oxygens (including phenoxy) is 1. The highest BCUT2D eigenvalue weighted by atomic mass is 32.2. The number of sulfonamides is 1. The molecule has 0 fully saturated rings. The maximum Gasteiger partial charge on any atom is 0.341 e. The first-order valence-corrected chi connectivity index (χ1v) is 13.0. The largest absolute Gasteiger partial charge is 0.482 e. The van der Waals surface area contributed by atoms with Crippen LogP contribution in [0.4, 0.5) is 0 Å². The standard InChI is InChI=1S/C25H23N3O5S2/c1-18-13-20(9-12-24(18)33-16-25(29)30)15-28(35(31,32)22-5-3-2-4-6-22)14-19-7-10-21(11-8-19)23-17-34-27-26-23/h2-13,17H,14-16H2,1H3,(H,29,30). The first kappa shape index (κ1) is 24.5. The van der Waals surface area contributed by atoms with Crippen molar-refractivity contribution >= 4 is 27.5 Å². The Hall–Kier alpha value is -3.60. The summed E-state index contributed by atoms with van der Waals surface area (Å²) in [6.45, 7) is 1.66. The van der Waals surface area contributed by atoms with E-state index < -0.39 is 22.6 Å². The first-order valence-electron chi connectivity index (χ1n) is 10.7. The topological polar surface area (TPSA) is 110 Å². The molecule has 10 heteroatoms. The van der Waals surface area contributed by atoms with E-state index >= 15 is 0 Å². The van der Waals surface area contributed by atoms with E-state index in [2.05, 4.69) is 9.59 Å². The summed E-state index contributed by atoms with van der Waals surface area (Å²) in [6, 6.07) is 21.1. The van der Waals surface area contributed by atoms with E-state index in [1.165, 1.54) is 15.8 Å². The molecule has 0 radical (unpaired) electrons. The van der Waals surface area contributed by atoms with Crippen LogP contribution in [0.2, 0.25) is 0 Å². The molecule has 0 aliphatic heterocycles. The SMILES string of the molecule is Cc1cc(CN(Cc2ccc(-c3csnn3)cc2)S(=O)(=O)c2ccccc2)ccc1OCC(=O)O. The summed E-state index contributed by atoms with van der Waals surface area (Å²) < 4.78 is 37.7. The number of aryl methyl sites for hydroxylation is 1. The molecule has 1 N–H and O–H groups in total. The average molecular weight is 510 g/mol. The quantitative estimate of drug-likeness (QED) is 0.338. The zero-order valence-electron chi connectivity index (χ0n) is 18.9. The predicted molar refractivity (Wildman–Crippen MR) is 133 cm³/mol. The van der Waals surface area contributed by atoms with Gasteiger partial charge in [0, 0.05) is 24.0 Å². The van der Waals surface area contributed by atoms with Crippen molar-refractivity contribution < 1.29 is 23.1 Å². The van der Waals surface area contributed by atoms with Gasteiger partial charge in [0.2, 0.25) is 10.0 Å². The summed E-state index contributed by atoms with van der Waals surface area (Å²) in [4.78, 5) is 11.0. The van der Waals surface area contributed by atoms with Crippen LogP contribution < -0.4 is 4.74 Å². The molecule has 0 atom stereocenters. The Morgan fingerprint density at radius 3 is 2.31 bits per heavy atom. The van der Waals surface area contributed by atoms with Gasteiger partial charge in [0.15, 0.2) is 6.61 Å². The van der Waals surface area contributed by atoms with Crippen molar-refractivity contribution in [3.63, 3.8) is 0 Å². The van der Waals surface area contributed by atoms with Gasteiger partial charge in [0.05, 0.1) is 4.90 Å². The molecule has 180 valence electrons. The van der Waals surface area contributed by atoms with Crippen LogP contribution >= 0.6 is 11.5 Å². The maximum atomic E-state index is 13.5. The lowest BCUT2D eigenvalue weighted by Gasteiger charge is -2.23. The molecular weight excluding hydrogens is 486 g/mol. The van der Waals surface area contributed by atoms with Gasteiger partial charge in [-0.3, -0.25) is 0 Å². The average Bonchev–Trinajstić information content (AvgIpc) is 3.39. The molecule has 0 unspecified atom stereocenters. The van der Waals surface area contributed by atoms with Crippen LogP contribution in [0.25, 0.3) is 11.3 Å². The van der Waals surface area contributed by atoms with E-state index in [0.717, 1.165) is 27.9 Å². The number of carboxylic acids is 1. The summed E-state index contributed by atoms with van der Waals surface area (Å²) in [5.41, 5.74) is 4.00. The van der Waals surface area contributed by atoms with Gasteiger partial charge < -0.3 is 9.84 Å². The fourth-order valence-corrected chi connectivity index (χ4v) is 5.46. The molecule has 0 aliphatic rings. The second kappa shape index (κ2) is 10.8. The Morgan fingerprint density at radius 2 is 1.69 bits per heavy atom. The number of benzene rings is 3. The Labute approximate surface area is 207 Å². The van der Waals surface area contributed by atoms with Crippen molar-refractivity contribution in [2.75, 3.05) is 6.61 Å². The van der Waals surface area contributed by atoms with Gasteiger partial charge in [-0.25, -0.2) is 13.2 Å². The first-order chi connectivity index (χ1) is 16.8. The van der Waals surface area contributed by atoms with Crippen molar-refractivity contribution in [1.29, 1.82) is 0 Å². The Bertz CT molecular complexity index is 1390. The minimum Gasteiger partial charge on any atom is -0.482 e. The fourth-order valence-electron chi connectivity index (χ4n) is 3.56. The summed E-state index contributed by atoms with van der Waals surface area (Å²) in [5, 5.41) is 14.8. The highest BCUT2D eigenvalue weighted by Gasteiger charge is 2.25. The second-order valence-corrected chi connectivity index (χ2v) is 10.4. The number of rotatable bonds is 10. The number of carbonyl (C=O) groups is 1. The normalized spacial score (nSPS) is 11.5. The number of hydrogen-bond donors (Lipinski definition) is 1. The van der Waals surface area contributed by atoms with Crippen molar-refractivity contribution in [1.82, 2.24) is 13.9 Å². The summed E-state index contributed by atoms with van der Waals surface area (Å²) >= 11 is 1.27. The molecule has 0 aliphatic carbocycles. The van der Waals surface area contributed by atoms with Gasteiger partial charge in [-0.15, -0.1) is 5.10 Å². The van der Waals surface area contributed by atoms with Gasteiger partial charge in [-0.2, -0.15) is 4.31 Å². The zero-order valence-corrected chi connectivity index (χ0v) is 20.5. The van der Waals surface area contributed by atoms with Crippen LogP contribution in [0, 0.1) is 6.92 Å². The smallest absolute Gasteiger partial charge is 0.341 e. The Balaban J connectivity index is 1.61. The molecule has 0 saturated heterocycles. The van der Waals surface area contributed by atoms with Crippen molar-refractivity contribution in [3.8, 4) is 17.0 Å². The molecule has 0 amide bonds. The number of aromatic nitrogens is 2. The van der Waals surface area contributed by atoms with E-state index in [0.29, 0.717) is 5.75 Å². The summed E-state index contributed by atoms with van der Waals surface area (Å²) in [6.07, 6.45) is 0. The molecule has 1 aromatic heterocycles. The highest BCUT2D eigenvalue weighted by Crippen LogP contribution is 2.25. The van der Waals surface area contributed by atoms with Gasteiger partial charge in [0.25, 0.3) is 0 Å². The second-order valence-electron chi connectivity index (χ2n) is 7.86. The summed E-state index contributed by atoms with van der Waals surface area (Å²) in [7, 11) is -3.79. The van der Waals surface area contributed by atoms with E-state index in [-0.39, 0.29) is 18.0 Å². The minimum absolute atomic E-state index is 0.134. The monoisotopic (exact) mass is 509 g/mol. The zero-order chi connectivity index (χ0) is 24.8. The molecule has 4 rings (SSSR count). The highest BCUT2D eigenvalue weighted by molar-refractivity contribution is 7.89. The molecule has 4 aromatic rings. The molecule has 0 bridgehead atoms. The van der Waals surface area contributed by atoms with Gasteiger partial charge in [-0.05, 0) is 53.3 Å². The lowest BCUT2D eigenvalue weighted by Crippen LogP contribution is -2.30. The summed E-state index contributed by atoms with van der Waals surface area (Å²) in [5.74, 6) is -0.619. The van der Waals surface area contributed by atoms with E-state index in [1.54, 1.807) is 49.4 Å². The number of aliphatic carboxylic acids is 1. The van der Waals surface area contributed by atoms with Crippen LogP contribution in [0.15, 0.2) is 83.1 Å². The van der Waals surface area contributed by atoms with E-state index in [1.807, 2.05) is 35.7 Å². The van der Waals surface area contributed by atoms with Gasteiger partial charge in [-0.1, -0.05) is 59.1 Å². The van der Waals surface area contributed by atoms with E-state index in [9.17, 15) is 13.2 Å². The van der Waals surface area contributed by atoms with Crippen LogP contribution in [0.5, 0.6) is 5.75 Å². The van der Waals surface area contributed by atoms with Crippen molar-refractivity contribution in [2.45, 2.75) is 24.9 Å².